The van der Waals surface area contributed by atoms with Crippen molar-refractivity contribution in [2.24, 2.45) is 5.92 Å². The fourth-order valence-electron chi connectivity index (χ4n) is 3.14. The number of hydrogen-bond acceptors (Lipinski definition) is 4. The second-order valence-corrected chi connectivity index (χ2v) is 7.26. The Balaban J connectivity index is 2.01. The number of likely N-dealkylation sites (tertiary alicyclic amines) is 1. The van der Waals surface area contributed by atoms with Gasteiger partial charge in [-0.05, 0) is 45.7 Å². The van der Waals surface area contributed by atoms with Gasteiger partial charge in [0, 0.05) is 18.7 Å². The third-order valence-corrected chi connectivity index (χ3v) is 4.62. The molecule has 2 atom stereocenters. The van der Waals surface area contributed by atoms with Gasteiger partial charge < -0.3 is 20.4 Å². The summed E-state index contributed by atoms with van der Waals surface area (Å²) in [6.45, 7) is 5.50. The highest BCUT2D eigenvalue weighted by molar-refractivity contribution is 5.95. The van der Waals surface area contributed by atoms with Crippen molar-refractivity contribution in [1.29, 1.82) is 0 Å². The summed E-state index contributed by atoms with van der Waals surface area (Å²) in [6, 6.07) is 5.67. The number of amides is 2. The molecular formula is C19H26N2O5. The van der Waals surface area contributed by atoms with E-state index < -0.39 is 17.5 Å². The van der Waals surface area contributed by atoms with Gasteiger partial charge in [0.25, 0.3) is 5.91 Å². The minimum Gasteiger partial charge on any atom is -0.479 e. The SMILES string of the molecule is Cc1cc(C)cc(C(=O)N2CCCC(C(=O)NCC(C)(O)C(=O)O)C2)c1. The number of aliphatic carboxylic acids is 1. The van der Waals surface area contributed by atoms with E-state index in [1.54, 1.807) is 4.90 Å². The summed E-state index contributed by atoms with van der Waals surface area (Å²) in [5.74, 6) is -2.26. The molecule has 26 heavy (non-hydrogen) atoms. The molecule has 0 saturated carbocycles. The fraction of sp³-hybridized carbons (Fsp3) is 0.526. The summed E-state index contributed by atoms with van der Waals surface area (Å²) in [7, 11) is 0. The van der Waals surface area contributed by atoms with Crippen molar-refractivity contribution in [2.75, 3.05) is 19.6 Å². The molecule has 142 valence electrons. The molecule has 0 radical (unpaired) electrons. The summed E-state index contributed by atoms with van der Waals surface area (Å²) < 4.78 is 0. The largest absolute Gasteiger partial charge is 0.479 e. The second kappa shape index (κ2) is 7.86. The zero-order valence-corrected chi connectivity index (χ0v) is 15.4. The number of hydrogen-bond donors (Lipinski definition) is 3. The third-order valence-electron chi connectivity index (χ3n) is 4.62. The Morgan fingerprint density at radius 3 is 2.42 bits per heavy atom. The number of aryl methyl sites for hydroxylation is 2. The number of nitrogens with zero attached hydrogens (tertiary/aromatic N) is 1. The maximum atomic E-state index is 12.8. The molecule has 0 aliphatic carbocycles. The summed E-state index contributed by atoms with van der Waals surface area (Å²) in [5, 5.41) is 21.1. The molecule has 0 aromatic heterocycles. The lowest BCUT2D eigenvalue weighted by atomic mass is 9.95. The fourth-order valence-corrected chi connectivity index (χ4v) is 3.14. The van der Waals surface area contributed by atoms with Gasteiger partial charge in [-0.15, -0.1) is 0 Å². The van der Waals surface area contributed by atoms with Gasteiger partial charge >= 0.3 is 5.97 Å². The number of benzene rings is 1. The maximum absolute atomic E-state index is 12.8. The minimum absolute atomic E-state index is 0.105. The maximum Gasteiger partial charge on any atom is 0.337 e. The van der Waals surface area contributed by atoms with Crippen LogP contribution in [0.3, 0.4) is 0 Å². The van der Waals surface area contributed by atoms with Crippen LogP contribution in [-0.2, 0) is 9.59 Å². The number of carboxylic acids is 1. The van der Waals surface area contributed by atoms with Crippen molar-refractivity contribution in [3.8, 4) is 0 Å². The number of nitrogens with one attached hydrogen (secondary N) is 1. The highest BCUT2D eigenvalue weighted by atomic mass is 16.4. The van der Waals surface area contributed by atoms with Gasteiger partial charge in [-0.2, -0.15) is 0 Å². The lowest BCUT2D eigenvalue weighted by Gasteiger charge is -2.32. The van der Waals surface area contributed by atoms with E-state index in [0.717, 1.165) is 18.1 Å². The van der Waals surface area contributed by atoms with Gasteiger partial charge in [0.05, 0.1) is 12.5 Å². The van der Waals surface area contributed by atoms with Crippen LogP contribution in [0.15, 0.2) is 18.2 Å². The van der Waals surface area contributed by atoms with Gasteiger partial charge in [0.15, 0.2) is 5.60 Å². The molecular weight excluding hydrogens is 336 g/mol. The summed E-state index contributed by atoms with van der Waals surface area (Å²) in [5.41, 5.74) is 0.613. The first-order valence-electron chi connectivity index (χ1n) is 8.71. The van der Waals surface area contributed by atoms with E-state index in [4.69, 9.17) is 5.11 Å². The van der Waals surface area contributed by atoms with Crippen LogP contribution in [0.2, 0.25) is 0 Å². The molecule has 7 nitrogen and oxygen atoms in total. The molecule has 1 fully saturated rings. The second-order valence-electron chi connectivity index (χ2n) is 7.26. The number of carboxylic acid groups (broad SMARTS) is 1. The van der Waals surface area contributed by atoms with Crippen LogP contribution in [0.1, 0.15) is 41.3 Å². The minimum atomic E-state index is -2.01. The highest BCUT2D eigenvalue weighted by Gasteiger charge is 2.33. The quantitative estimate of drug-likeness (QED) is 0.727. The molecule has 1 aliphatic rings. The monoisotopic (exact) mass is 362 g/mol. The number of aliphatic hydroxyl groups is 1. The molecule has 2 unspecified atom stereocenters. The van der Waals surface area contributed by atoms with Crippen LogP contribution in [0, 0.1) is 19.8 Å². The van der Waals surface area contributed by atoms with Crippen LogP contribution >= 0.6 is 0 Å². The van der Waals surface area contributed by atoms with Gasteiger partial charge in [0.2, 0.25) is 5.91 Å². The van der Waals surface area contributed by atoms with Crippen molar-refractivity contribution in [3.63, 3.8) is 0 Å². The predicted octanol–water partition coefficient (Wildman–Crippen LogP) is 1.11. The van der Waals surface area contributed by atoms with E-state index in [0.29, 0.717) is 24.9 Å². The van der Waals surface area contributed by atoms with Crippen molar-refractivity contribution in [1.82, 2.24) is 10.2 Å². The Morgan fingerprint density at radius 1 is 1.23 bits per heavy atom. The van der Waals surface area contributed by atoms with Crippen LogP contribution in [0.4, 0.5) is 0 Å². The van der Waals surface area contributed by atoms with Crippen molar-refractivity contribution >= 4 is 17.8 Å². The van der Waals surface area contributed by atoms with E-state index in [-0.39, 0.29) is 24.9 Å². The molecule has 0 spiro atoms. The van der Waals surface area contributed by atoms with E-state index in [1.807, 2.05) is 32.0 Å². The standard InChI is InChI=1S/C19H26N2O5/c1-12-7-13(2)9-15(8-12)17(23)21-6-4-5-14(10-21)16(22)20-11-19(3,26)18(24)25/h7-9,14,26H,4-6,10-11H2,1-3H3,(H,20,22)(H,24,25). The Bertz CT molecular complexity index is 694. The topological polar surface area (TPSA) is 107 Å². The van der Waals surface area contributed by atoms with Crippen LogP contribution in [0.25, 0.3) is 0 Å². The summed E-state index contributed by atoms with van der Waals surface area (Å²) >= 11 is 0. The molecule has 1 aliphatic heterocycles. The van der Waals surface area contributed by atoms with Crippen molar-refractivity contribution in [3.05, 3.63) is 34.9 Å². The van der Waals surface area contributed by atoms with Crippen LogP contribution in [0.5, 0.6) is 0 Å². The molecule has 1 aromatic rings. The van der Waals surface area contributed by atoms with E-state index in [2.05, 4.69) is 5.32 Å². The van der Waals surface area contributed by atoms with Gasteiger partial charge in [-0.1, -0.05) is 17.2 Å². The first-order chi connectivity index (χ1) is 12.1. The van der Waals surface area contributed by atoms with Crippen LogP contribution < -0.4 is 5.32 Å². The molecule has 1 aromatic carbocycles. The van der Waals surface area contributed by atoms with E-state index in [9.17, 15) is 19.5 Å². The molecule has 7 heteroatoms. The average molecular weight is 362 g/mol. The molecule has 1 saturated heterocycles. The molecule has 2 rings (SSSR count). The van der Waals surface area contributed by atoms with Gasteiger partial charge in [0.1, 0.15) is 0 Å². The highest BCUT2D eigenvalue weighted by Crippen LogP contribution is 2.20. The first-order valence-corrected chi connectivity index (χ1v) is 8.71. The number of piperidine rings is 1. The normalized spacial score (nSPS) is 19.5. The van der Waals surface area contributed by atoms with Gasteiger partial charge in [-0.3, -0.25) is 9.59 Å². The zero-order valence-electron chi connectivity index (χ0n) is 15.4. The molecule has 0 bridgehead atoms. The van der Waals surface area contributed by atoms with E-state index in [1.165, 1.54) is 0 Å². The van der Waals surface area contributed by atoms with E-state index >= 15 is 0 Å². The Hall–Kier alpha value is -2.41. The summed E-state index contributed by atoms with van der Waals surface area (Å²) in [4.78, 5) is 37.7. The number of rotatable bonds is 5. The average Bonchev–Trinajstić information content (AvgIpc) is 2.58. The Kier molecular flexibility index (Phi) is 6.02. The van der Waals surface area contributed by atoms with Crippen LogP contribution in [-0.4, -0.2) is 58.1 Å². The number of carbonyl (C=O) groups is 3. The van der Waals surface area contributed by atoms with Crippen molar-refractivity contribution < 1.29 is 24.6 Å². The Morgan fingerprint density at radius 2 is 1.85 bits per heavy atom. The predicted molar refractivity (Wildman–Crippen MR) is 95.8 cm³/mol. The third kappa shape index (κ3) is 4.82. The lowest BCUT2D eigenvalue weighted by molar-refractivity contribution is -0.156. The summed E-state index contributed by atoms with van der Waals surface area (Å²) in [6.07, 6.45) is 1.32. The smallest absolute Gasteiger partial charge is 0.337 e. The first kappa shape index (κ1) is 19.9. The number of carbonyl (C=O) groups excluding carboxylic acids is 2. The lowest BCUT2D eigenvalue weighted by Crippen LogP contribution is -2.50. The molecule has 2 amide bonds. The Labute approximate surface area is 153 Å². The van der Waals surface area contributed by atoms with Gasteiger partial charge in [-0.25, -0.2) is 4.79 Å². The van der Waals surface area contributed by atoms with Crippen molar-refractivity contribution in [2.45, 2.75) is 39.2 Å². The zero-order chi connectivity index (χ0) is 19.5. The molecule has 1 heterocycles. The molecule has 3 N–H and O–H groups in total.